The average Bonchev–Trinajstić information content (AvgIpc) is 2.96. The van der Waals surface area contributed by atoms with E-state index in [1.165, 1.54) is 30.3 Å². The molecule has 4 nitrogen and oxygen atoms in total. The first-order chi connectivity index (χ1) is 12.6. The van der Waals surface area contributed by atoms with E-state index in [4.69, 9.17) is 23.2 Å². The Balaban J connectivity index is 2.21. The molecular formula is C17H10BrCl2F3N2O2. The van der Waals surface area contributed by atoms with E-state index in [2.05, 4.69) is 21.0 Å². The second-order valence-electron chi connectivity index (χ2n) is 5.75. The van der Waals surface area contributed by atoms with Gasteiger partial charge in [0.05, 0.1) is 16.8 Å². The van der Waals surface area contributed by atoms with E-state index in [0.29, 0.717) is 4.47 Å². The molecule has 1 heterocycles. The van der Waals surface area contributed by atoms with Gasteiger partial charge in [0.25, 0.3) is 0 Å². The highest BCUT2D eigenvalue weighted by atomic mass is 79.9. The maximum atomic E-state index is 13.8. The number of carboxylic acid groups (broad SMARTS) is 1. The van der Waals surface area contributed by atoms with Crippen LogP contribution in [0.2, 0.25) is 10.0 Å². The first kappa shape index (κ1) is 20.0. The van der Waals surface area contributed by atoms with Crippen LogP contribution < -0.4 is 5.01 Å². The molecule has 1 N–H and O–H groups in total. The third kappa shape index (κ3) is 3.93. The van der Waals surface area contributed by atoms with E-state index in [0.717, 1.165) is 5.01 Å². The monoisotopic (exact) mass is 480 g/mol. The van der Waals surface area contributed by atoms with Crippen molar-refractivity contribution in [3.8, 4) is 0 Å². The number of carbonyl (C=O) groups is 1. The number of carboxylic acids is 1. The number of halogens is 6. The topological polar surface area (TPSA) is 52.9 Å². The number of nitrogens with zero attached hydrogens (tertiary/aromatic N) is 2. The third-order valence-corrected chi connectivity index (χ3v) is 5.10. The Labute approximate surface area is 170 Å². The van der Waals surface area contributed by atoms with Crippen molar-refractivity contribution in [3.63, 3.8) is 0 Å². The number of hydrogen-bond acceptors (Lipinski definition) is 3. The van der Waals surface area contributed by atoms with Gasteiger partial charge in [-0.05, 0) is 35.9 Å². The van der Waals surface area contributed by atoms with E-state index in [1.807, 2.05) is 0 Å². The van der Waals surface area contributed by atoms with E-state index in [1.54, 1.807) is 12.1 Å². The Kier molecular flexibility index (Phi) is 5.42. The van der Waals surface area contributed by atoms with Gasteiger partial charge in [-0.1, -0.05) is 51.3 Å². The summed E-state index contributed by atoms with van der Waals surface area (Å²) in [7, 11) is 0. The van der Waals surface area contributed by atoms with Crippen LogP contribution in [0.15, 0.2) is 52.0 Å². The highest BCUT2D eigenvalue weighted by Gasteiger charge is 2.56. The molecule has 0 amide bonds. The molecule has 3 rings (SSSR count). The zero-order chi connectivity index (χ0) is 19.9. The number of anilines is 1. The van der Waals surface area contributed by atoms with Gasteiger partial charge in [-0.15, -0.1) is 0 Å². The smallest absolute Gasteiger partial charge is 0.400 e. The van der Waals surface area contributed by atoms with Gasteiger partial charge < -0.3 is 5.11 Å². The normalized spacial score (nSPS) is 19.9. The van der Waals surface area contributed by atoms with Crippen molar-refractivity contribution >= 4 is 56.5 Å². The second-order valence-corrected chi connectivity index (χ2v) is 7.51. The van der Waals surface area contributed by atoms with Crippen LogP contribution in [-0.2, 0) is 4.79 Å². The lowest BCUT2D eigenvalue weighted by molar-refractivity contribution is -0.162. The van der Waals surface area contributed by atoms with Gasteiger partial charge in [0.1, 0.15) is 5.92 Å². The molecule has 2 aromatic rings. The molecule has 27 heavy (non-hydrogen) atoms. The minimum Gasteiger partial charge on any atom is -0.477 e. The van der Waals surface area contributed by atoms with Crippen LogP contribution in [0.25, 0.3) is 0 Å². The SMILES string of the molecule is O=C(O)C1=NN(c2ccc(Cl)cc2Cl)C(c2ccc(Br)cc2)C1C(F)(F)F. The molecule has 0 saturated heterocycles. The number of benzene rings is 2. The fourth-order valence-corrected chi connectivity index (χ4v) is 3.66. The van der Waals surface area contributed by atoms with E-state index in [-0.39, 0.29) is 21.3 Å². The molecule has 0 saturated carbocycles. The van der Waals surface area contributed by atoms with E-state index in [9.17, 15) is 23.1 Å². The Morgan fingerprint density at radius 3 is 2.30 bits per heavy atom. The van der Waals surface area contributed by atoms with Gasteiger partial charge in [-0.25, -0.2) is 4.79 Å². The molecule has 142 valence electrons. The summed E-state index contributed by atoms with van der Waals surface area (Å²) in [4.78, 5) is 11.5. The molecule has 2 aromatic carbocycles. The summed E-state index contributed by atoms with van der Waals surface area (Å²) in [6, 6.07) is 8.87. The summed E-state index contributed by atoms with van der Waals surface area (Å²) in [6.07, 6.45) is -4.83. The second kappa shape index (κ2) is 7.33. The Morgan fingerprint density at radius 2 is 1.78 bits per heavy atom. The minimum absolute atomic E-state index is 0.0564. The lowest BCUT2D eigenvalue weighted by Gasteiger charge is -2.30. The van der Waals surface area contributed by atoms with Gasteiger partial charge in [0.15, 0.2) is 5.71 Å². The molecular weight excluding hydrogens is 472 g/mol. The third-order valence-electron chi connectivity index (χ3n) is 4.03. The van der Waals surface area contributed by atoms with Crippen LogP contribution in [0.5, 0.6) is 0 Å². The van der Waals surface area contributed by atoms with E-state index >= 15 is 0 Å². The molecule has 0 fully saturated rings. The van der Waals surface area contributed by atoms with Gasteiger partial charge in [0, 0.05) is 9.50 Å². The Bertz CT molecular complexity index is 919. The maximum Gasteiger partial charge on any atom is 0.400 e. The number of aliphatic carboxylic acids is 1. The number of hydrogen-bond donors (Lipinski definition) is 1. The van der Waals surface area contributed by atoms with Gasteiger partial charge in [-0.2, -0.15) is 18.3 Å². The predicted octanol–water partition coefficient (Wildman–Crippen LogP) is 5.94. The van der Waals surface area contributed by atoms with Crippen molar-refractivity contribution in [1.29, 1.82) is 0 Å². The zero-order valence-corrected chi connectivity index (χ0v) is 16.3. The quantitative estimate of drug-likeness (QED) is 0.590. The summed E-state index contributed by atoms with van der Waals surface area (Å²) < 4.78 is 42.1. The number of hydrazone groups is 1. The van der Waals surface area contributed by atoms with Crippen LogP contribution in [0.1, 0.15) is 11.6 Å². The van der Waals surface area contributed by atoms with Crippen LogP contribution in [-0.4, -0.2) is 23.0 Å². The van der Waals surface area contributed by atoms with Crippen molar-refractivity contribution in [2.24, 2.45) is 11.0 Å². The van der Waals surface area contributed by atoms with Gasteiger partial charge in [-0.3, -0.25) is 5.01 Å². The molecule has 2 atom stereocenters. The first-order valence-electron chi connectivity index (χ1n) is 7.48. The highest BCUT2D eigenvalue weighted by molar-refractivity contribution is 9.10. The summed E-state index contributed by atoms with van der Waals surface area (Å²) in [6.45, 7) is 0. The number of alkyl halides is 3. The molecule has 1 aliphatic heterocycles. The predicted molar refractivity (Wildman–Crippen MR) is 100 cm³/mol. The maximum absolute atomic E-state index is 13.8. The van der Waals surface area contributed by atoms with Crippen molar-refractivity contribution in [2.75, 3.05) is 5.01 Å². The molecule has 0 spiro atoms. The largest absolute Gasteiger partial charge is 0.477 e. The fourth-order valence-electron chi connectivity index (χ4n) is 2.91. The molecule has 10 heteroatoms. The Hall–Kier alpha value is -1.77. The molecule has 0 aliphatic carbocycles. The minimum atomic E-state index is -4.83. The number of rotatable bonds is 3. The van der Waals surface area contributed by atoms with Crippen molar-refractivity contribution in [3.05, 3.63) is 62.5 Å². The molecule has 0 bridgehead atoms. The summed E-state index contributed by atoms with van der Waals surface area (Å²) in [5.41, 5.74) is -0.632. The van der Waals surface area contributed by atoms with Crippen molar-refractivity contribution in [2.45, 2.75) is 12.2 Å². The fraction of sp³-hybridized carbons (Fsp3) is 0.176. The average molecular weight is 482 g/mol. The van der Waals surface area contributed by atoms with Gasteiger partial charge in [0.2, 0.25) is 0 Å². The molecule has 0 radical (unpaired) electrons. The molecule has 1 aliphatic rings. The van der Waals surface area contributed by atoms with Crippen LogP contribution in [0.4, 0.5) is 18.9 Å². The summed E-state index contributed by atoms with van der Waals surface area (Å²) >= 11 is 15.2. The highest BCUT2D eigenvalue weighted by Crippen LogP contribution is 2.48. The standard InChI is InChI=1S/C17H10BrCl2F3N2O2/c18-9-3-1-8(2-4-9)15-13(17(21,22)23)14(16(26)27)24-25(15)12-6-5-10(19)7-11(12)20/h1-7,13,15H,(H,26,27). The van der Waals surface area contributed by atoms with Crippen molar-refractivity contribution in [1.82, 2.24) is 0 Å². The van der Waals surface area contributed by atoms with E-state index < -0.39 is 29.8 Å². The van der Waals surface area contributed by atoms with Crippen molar-refractivity contribution < 1.29 is 23.1 Å². The summed E-state index contributed by atoms with van der Waals surface area (Å²) in [5.74, 6) is -4.07. The first-order valence-corrected chi connectivity index (χ1v) is 9.02. The summed E-state index contributed by atoms with van der Waals surface area (Å²) in [5, 5.41) is 14.4. The lowest BCUT2D eigenvalue weighted by atomic mass is 9.89. The van der Waals surface area contributed by atoms with Crippen LogP contribution >= 0.6 is 39.1 Å². The van der Waals surface area contributed by atoms with Crippen LogP contribution in [0, 0.1) is 5.92 Å². The molecule has 2 unspecified atom stereocenters. The van der Waals surface area contributed by atoms with Gasteiger partial charge >= 0.3 is 12.1 Å². The zero-order valence-electron chi connectivity index (χ0n) is 13.2. The lowest BCUT2D eigenvalue weighted by Crippen LogP contribution is -2.38. The van der Waals surface area contributed by atoms with Crippen LogP contribution in [0.3, 0.4) is 0 Å². The Morgan fingerprint density at radius 1 is 1.15 bits per heavy atom. The molecule has 0 aromatic heterocycles.